The molecule has 1 N–H and O–H groups in total. The van der Waals surface area contributed by atoms with E-state index in [2.05, 4.69) is 5.32 Å². The highest BCUT2D eigenvalue weighted by Gasteiger charge is 2.09. The maximum absolute atomic E-state index is 11.7. The van der Waals surface area contributed by atoms with Gasteiger partial charge >= 0.3 is 0 Å². The molecule has 2 rings (SSSR count). The minimum atomic E-state index is -0.190. The van der Waals surface area contributed by atoms with Crippen LogP contribution in [0, 0.1) is 11.3 Å². The molecule has 0 unspecified atom stereocenters. The van der Waals surface area contributed by atoms with E-state index in [1.54, 1.807) is 6.07 Å². The molecule has 4 heteroatoms. The van der Waals surface area contributed by atoms with E-state index in [1.165, 1.54) is 11.3 Å². The van der Waals surface area contributed by atoms with Gasteiger partial charge in [-0.3, -0.25) is 4.79 Å². The second-order valence-electron chi connectivity index (χ2n) is 2.99. The summed E-state index contributed by atoms with van der Waals surface area (Å²) in [7, 11) is 0. The third-order valence-corrected chi connectivity index (χ3v) is 3.02. The summed E-state index contributed by atoms with van der Waals surface area (Å²) < 4.78 is 0.966. The topological polar surface area (TPSA) is 52.9 Å². The lowest BCUT2D eigenvalue weighted by molar-refractivity contribution is 0.0960. The second-order valence-corrected chi connectivity index (χ2v) is 3.90. The van der Waals surface area contributed by atoms with E-state index in [0.29, 0.717) is 5.56 Å². The first kappa shape index (κ1) is 9.69. The average Bonchev–Trinajstić information content (AvgIpc) is 2.73. The maximum atomic E-state index is 11.7. The van der Waals surface area contributed by atoms with Crippen molar-refractivity contribution in [2.24, 2.45) is 0 Å². The smallest absolute Gasteiger partial charge is 0.253 e. The maximum Gasteiger partial charge on any atom is 0.253 e. The first-order valence-electron chi connectivity index (χ1n) is 4.44. The zero-order valence-electron chi connectivity index (χ0n) is 7.86. The molecule has 1 aromatic heterocycles. The van der Waals surface area contributed by atoms with Gasteiger partial charge in [-0.2, -0.15) is 5.26 Å². The van der Waals surface area contributed by atoms with Crippen LogP contribution in [0.2, 0.25) is 0 Å². The Balaban J connectivity index is 2.39. The lowest BCUT2D eigenvalue weighted by Gasteiger charge is -2.01. The molecule has 1 heterocycles. The minimum absolute atomic E-state index is 0.0423. The third kappa shape index (κ3) is 1.83. The van der Waals surface area contributed by atoms with Crippen LogP contribution in [-0.4, -0.2) is 12.5 Å². The molecule has 1 amide bonds. The Morgan fingerprint density at radius 3 is 3.13 bits per heavy atom. The van der Waals surface area contributed by atoms with Gasteiger partial charge in [0.25, 0.3) is 5.91 Å². The van der Waals surface area contributed by atoms with Crippen LogP contribution in [0.15, 0.2) is 29.6 Å². The number of nitrogens with one attached hydrogen (secondary N) is 1. The molecular weight excluding hydrogens is 208 g/mol. The SMILES string of the molecule is N#CCNC(=O)c1cccc2ccsc12. The Hall–Kier alpha value is -1.86. The number of amides is 1. The van der Waals surface area contributed by atoms with Crippen LogP contribution < -0.4 is 5.32 Å². The fourth-order valence-electron chi connectivity index (χ4n) is 1.39. The highest BCUT2D eigenvalue weighted by atomic mass is 32.1. The summed E-state index contributed by atoms with van der Waals surface area (Å²) in [5.41, 5.74) is 0.637. The quantitative estimate of drug-likeness (QED) is 0.782. The zero-order valence-corrected chi connectivity index (χ0v) is 8.67. The van der Waals surface area contributed by atoms with Crippen molar-refractivity contribution in [3.05, 3.63) is 35.2 Å². The normalized spacial score (nSPS) is 9.80. The predicted molar refractivity (Wildman–Crippen MR) is 59.8 cm³/mol. The van der Waals surface area contributed by atoms with Gasteiger partial charge in [-0.25, -0.2) is 0 Å². The first-order chi connectivity index (χ1) is 7.33. The Morgan fingerprint density at radius 2 is 2.33 bits per heavy atom. The lowest BCUT2D eigenvalue weighted by Crippen LogP contribution is -2.23. The highest BCUT2D eigenvalue weighted by molar-refractivity contribution is 7.17. The fraction of sp³-hybridized carbons (Fsp3) is 0.0909. The molecule has 0 radical (unpaired) electrons. The number of benzene rings is 1. The van der Waals surface area contributed by atoms with Crippen molar-refractivity contribution in [2.75, 3.05) is 6.54 Å². The molecule has 0 aliphatic carbocycles. The van der Waals surface area contributed by atoms with Crippen molar-refractivity contribution in [1.29, 1.82) is 5.26 Å². The molecule has 0 fully saturated rings. The number of rotatable bonds is 2. The molecule has 3 nitrogen and oxygen atoms in total. The zero-order chi connectivity index (χ0) is 10.7. The van der Waals surface area contributed by atoms with Gasteiger partial charge in [-0.1, -0.05) is 12.1 Å². The number of thiophene rings is 1. The summed E-state index contributed by atoms with van der Waals surface area (Å²) in [4.78, 5) is 11.7. The van der Waals surface area contributed by atoms with E-state index in [0.717, 1.165) is 10.1 Å². The summed E-state index contributed by atoms with van der Waals surface area (Å²) in [5.74, 6) is -0.190. The van der Waals surface area contributed by atoms with Crippen LogP contribution in [0.3, 0.4) is 0 Å². The molecule has 0 saturated carbocycles. The van der Waals surface area contributed by atoms with Crippen molar-refractivity contribution >= 4 is 27.3 Å². The van der Waals surface area contributed by atoms with Crippen LogP contribution in [-0.2, 0) is 0 Å². The Bertz CT molecular complexity index is 539. The van der Waals surface area contributed by atoms with E-state index >= 15 is 0 Å². The number of hydrogen-bond donors (Lipinski definition) is 1. The summed E-state index contributed by atoms with van der Waals surface area (Å²) >= 11 is 1.53. The molecule has 0 saturated heterocycles. The van der Waals surface area contributed by atoms with Crippen LogP contribution in [0.4, 0.5) is 0 Å². The van der Waals surface area contributed by atoms with Gasteiger partial charge in [0.1, 0.15) is 6.54 Å². The number of carbonyl (C=O) groups excluding carboxylic acids is 1. The van der Waals surface area contributed by atoms with Crippen molar-refractivity contribution in [2.45, 2.75) is 0 Å². The van der Waals surface area contributed by atoms with Crippen molar-refractivity contribution in [1.82, 2.24) is 5.32 Å². The predicted octanol–water partition coefficient (Wildman–Crippen LogP) is 2.15. The number of nitrogens with zero attached hydrogens (tertiary/aromatic N) is 1. The fourth-order valence-corrected chi connectivity index (χ4v) is 2.30. The Morgan fingerprint density at radius 1 is 1.47 bits per heavy atom. The molecule has 2 aromatic rings. The van der Waals surface area contributed by atoms with E-state index in [9.17, 15) is 4.79 Å². The van der Waals surface area contributed by atoms with Crippen LogP contribution in [0.5, 0.6) is 0 Å². The molecule has 0 atom stereocenters. The van der Waals surface area contributed by atoms with Gasteiger partial charge in [0, 0.05) is 4.70 Å². The molecule has 0 spiro atoms. The first-order valence-corrected chi connectivity index (χ1v) is 5.32. The van der Waals surface area contributed by atoms with Gasteiger partial charge in [-0.05, 0) is 22.9 Å². The molecule has 15 heavy (non-hydrogen) atoms. The number of nitriles is 1. The summed E-state index contributed by atoms with van der Waals surface area (Å²) in [6.45, 7) is 0.0423. The number of hydrogen-bond acceptors (Lipinski definition) is 3. The summed E-state index contributed by atoms with van der Waals surface area (Å²) in [6, 6.07) is 9.43. The van der Waals surface area contributed by atoms with E-state index in [-0.39, 0.29) is 12.5 Å². The Kier molecular flexibility index (Phi) is 2.66. The van der Waals surface area contributed by atoms with Gasteiger partial charge in [0.15, 0.2) is 0 Å². The second kappa shape index (κ2) is 4.11. The van der Waals surface area contributed by atoms with E-state index in [1.807, 2.05) is 29.6 Å². The van der Waals surface area contributed by atoms with Crippen LogP contribution in [0.1, 0.15) is 10.4 Å². The van der Waals surface area contributed by atoms with E-state index in [4.69, 9.17) is 5.26 Å². The molecule has 0 aliphatic rings. The average molecular weight is 216 g/mol. The number of carbonyl (C=O) groups is 1. The molecule has 0 bridgehead atoms. The molecule has 74 valence electrons. The van der Waals surface area contributed by atoms with Gasteiger partial charge in [0.2, 0.25) is 0 Å². The molecule has 1 aromatic carbocycles. The number of fused-ring (bicyclic) bond motifs is 1. The molecular formula is C11H8N2OS. The highest BCUT2D eigenvalue weighted by Crippen LogP contribution is 2.24. The summed E-state index contributed by atoms with van der Waals surface area (Å²) in [5, 5.41) is 13.9. The van der Waals surface area contributed by atoms with Gasteiger partial charge < -0.3 is 5.32 Å². The van der Waals surface area contributed by atoms with Gasteiger partial charge in [-0.15, -0.1) is 11.3 Å². The third-order valence-electron chi connectivity index (χ3n) is 2.05. The molecule has 0 aliphatic heterocycles. The standard InChI is InChI=1S/C11H8N2OS/c12-5-6-13-11(14)9-3-1-2-8-4-7-15-10(8)9/h1-4,7H,6H2,(H,13,14). The Labute approximate surface area is 91.0 Å². The largest absolute Gasteiger partial charge is 0.339 e. The monoisotopic (exact) mass is 216 g/mol. The van der Waals surface area contributed by atoms with Crippen molar-refractivity contribution in [3.63, 3.8) is 0 Å². The van der Waals surface area contributed by atoms with Crippen molar-refractivity contribution < 1.29 is 4.79 Å². The van der Waals surface area contributed by atoms with E-state index < -0.39 is 0 Å². The van der Waals surface area contributed by atoms with Crippen LogP contribution >= 0.6 is 11.3 Å². The van der Waals surface area contributed by atoms with Gasteiger partial charge in [0.05, 0.1) is 11.6 Å². The van der Waals surface area contributed by atoms with Crippen LogP contribution in [0.25, 0.3) is 10.1 Å². The summed E-state index contributed by atoms with van der Waals surface area (Å²) in [6.07, 6.45) is 0. The van der Waals surface area contributed by atoms with Crippen molar-refractivity contribution in [3.8, 4) is 6.07 Å². The lowest BCUT2D eigenvalue weighted by atomic mass is 10.1. The minimum Gasteiger partial charge on any atom is -0.339 e.